The van der Waals surface area contributed by atoms with Crippen LogP contribution in [0.1, 0.15) is 30.1 Å². The third-order valence-corrected chi connectivity index (χ3v) is 5.02. The van der Waals surface area contributed by atoms with Gasteiger partial charge in [0, 0.05) is 24.6 Å². The quantitative estimate of drug-likeness (QED) is 0.456. The summed E-state index contributed by atoms with van der Waals surface area (Å²) in [6.45, 7) is 2.22. The Morgan fingerprint density at radius 3 is 2.50 bits per heavy atom. The summed E-state index contributed by atoms with van der Waals surface area (Å²) >= 11 is 0. The molecule has 0 fully saturated rings. The maximum atomic E-state index is 12.4. The van der Waals surface area contributed by atoms with Gasteiger partial charge in [0.25, 0.3) is 5.56 Å². The third-order valence-electron chi connectivity index (χ3n) is 5.02. The highest BCUT2D eigenvalue weighted by atomic mass is 16.5. The Morgan fingerprint density at radius 2 is 1.76 bits per heavy atom. The minimum absolute atomic E-state index is 0.145. The van der Waals surface area contributed by atoms with Crippen LogP contribution in [0.2, 0.25) is 0 Å². The first-order valence-electron chi connectivity index (χ1n) is 10.8. The van der Waals surface area contributed by atoms with Crippen molar-refractivity contribution < 1.29 is 23.8 Å². The summed E-state index contributed by atoms with van der Waals surface area (Å²) in [5.41, 5.74) is 1.76. The van der Waals surface area contributed by atoms with Gasteiger partial charge in [-0.3, -0.25) is 9.59 Å². The molecule has 1 N–H and O–H groups in total. The molecule has 0 unspecified atom stereocenters. The molecule has 0 aliphatic heterocycles. The van der Waals surface area contributed by atoms with E-state index in [0.717, 1.165) is 5.56 Å². The summed E-state index contributed by atoms with van der Waals surface area (Å²) in [5, 5.41) is 7.17. The fraction of sp³-hybridized carbons (Fsp3) is 0.280. The number of rotatable bonds is 10. The molecule has 0 saturated carbocycles. The highest BCUT2D eigenvalue weighted by Crippen LogP contribution is 2.31. The number of anilines is 1. The second kappa shape index (κ2) is 11.6. The average molecular weight is 466 g/mol. The average Bonchev–Trinajstić information content (AvgIpc) is 2.85. The molecule has 34 heavy (non-hydrogen) atoms. The minimum atomic E-state index is -0.499. The molecule has 0 atom stereocenters. The first kappa shape index (κ1) is 24.5. The van der Waals surface area contributed by atoms with Crippen molar-refractivity contribution >= 4 is 17.6 Å². The fourth-order valence-electron chi connectivity index (χ4n) is 3.34. The Bertz CT molecular complexity index is 1220. The molecular weight excluding hydrogens is 438 g/mol. The Balaban J connectivity index is 1.65. The first-order valence-corrected chi connectivity index (χ1v) is 10.8. The van der Waals surface area contributed by atoms with Crippen LogP contribution in [0.25, 0.3) is 11.3 Å². The summed E-state index contributed by atoms with van der Waals surface area (Å²) < 4.78 is 16.9. The number of aryl methyl sites for hydroxylation is 1. The summed E-state index contributed by atoms with van der Waals surface area (Å²) in [4.78, 5) is 36.8. The Morgan fingerprint density at radius 1 is 1.00 bits per heavy atom. The molecule has 3 aromatic rings. The van der Waals surface area contributed by atoms with Crippen molar-refractivity contribution in [1.82, 2.24) is 9.78 Å². The van der Waals surface area contributed by atoms with E-state index in [4.69, 9.17) is 14.2 Å². The van der Waals surface area contributed by atoms with E-state index in [-0.39, 0.29) is 31.0 Å². The maximum absolute atomic E-state index is 12.4. The predicted molar refractivity (Wildman–Crippen MR) is 127 cm³/mol. The van der Waals surface area contributed by atoms with Crippen molar-refractivity contribution in [3.63, 3.8) is 0 Å². The van der Waals surface area contributed by atoms with Gasteiger partial charge in [0.2, 0.25) is 5.91 Å². The Hall–Kier alpha value is -4.14. The molecule has 0 aliphatic carbocycles. The number of esters is 1. The summed E-state index contributed by atoms with van der Waals surface area (Å²) in [6, 6.07) is 15.1. The number of ether oxygens (including phenoxy) is 3. The molecule has 9 heteroatoms. The number of amides is 1. The largest absolute Gasteiger partial charge is 0.493 e. The van der Waals surface area contributed by atoms with Gasteiger partial charge in [-0.15, -0.1) is 0 Å². The smallest absolute Gasteiger partial charge is 0.340 e. The van der Waals surface area contributed by atoms with Gasteiger partial charge >= 0.3 is 5.97 Å². The molecule has 0 saturated heterocycles. The second-order valence-corrected chi connectivity index (χ2v) is 7.27. The van der Waals surface area contributed by atoms with Crippen LogP contribution in [-0.2, 0) is 16.1 Å². The highest BCUT2D eigenvalue weighted by molar-refractivity contribution is 6.01. The van der Waals surface area contributed by atoms with Crippen molar-refractivity contribution in [3.05, 3.63) is 70.5 Å². The van der Waals surface area contributed by atoms with Crippen molar-refractivity contribution in [2.24, 2.45) is 0 Å². The number of nitrogens with one attached hydrogen (secondary N) is 1. The normalized spacial score (nSPS) is 10.4. The molecule has 3 rings (SSSR count). The zero-order valence-electron chi connectivity index (χ0n) is 19.4. The lowest BCUT2D eigenvalue weighted by Crippen LogP contribution is -2.23. The number of nitrogens with zero attached hydrogens (tertiary/aromatic N) is 2. The highest BCUT2D eigenvalue weighted by Gasteiger charge is 2.14. The second-order valence-electron chi connectivity index (χ2n) is 7.27. The summed E-state index contributed by atoms with van der Waals surface area (Å²) in [5.74, 6) is 0.372. The van der Waals surface area contributed by atoms with Crippen LogP contribution in [0.4, 0.5) is 5.69 Å². The van der Waals surface area contributed by atoms with Crippen LogP contribution in [0.3, 0.4) is 0 Å². The van der Waals surface area contributed by atoms with Crippen LogP contribution in [0, 0.1) is 0 Å². The van der Waals surface area contributed by atoms with E-state index in [0.29, 0.717) is 34.9 Å². The van der Waals surface area contributed by atoms with Crippen molar-refractivity contribution in [3.8, 4) is 22.8 Å². The Labute approximate surface area is 197 Å². The molecule has 0 aliphatic rings. The SMILES string of the molecule is CCOC(=O)c1ccccc1NC(=O)CCCn1nc(-c2ccc(OC)c(OC)c2)ccc1=O. The molecule has 1 amide bonds. The van der Waals surface area contributed by atoms with E-state index < -0.39 is 5.97 Å². The molecule has 178 valence electrons. The van der Waals surface area contributed by atoms with Crippen LogP contribution < -0.4 is 20.3 Å². The Kier molecular flexibility index (Phi) is 8.39. The molecule has 0 radical (unpaired) electrons. The topological polar surface area (TPSA) is 109 Å². The lowest BCUT2D eigenvalue weighted by atomic mass is 10.1. The fourth-order valence-corrected chi connectivity index (χ4v) is 3.34. The van der Waals surface area contributed by atoms with Gasteiger partial charge < -0.3 is 19.5 Å². The molecular formula is C25H27N3O6. The number of benzene rings is 2. The van der Waals surface area contributed by atoms with Gasteiger partial charge in [0.1, 0.15) is 0 Å². The zero-order valence-corrected chi connectivity index (χ0v) is 19.4. The van der Waals surface area contributed by atoms with E-state index in [1.54, 1.807) is 63.6 Å². The molecule has 9 nitrogen and oxygen atoms in total. The van der Waals surface area contributed by atoms with E-state index >= 15 is 0 Å². The molecule has 0 spiro atoms. The van der Waals surface area contributed by atoms with Crippen molar-refractivity contribution in [2.45, 2.75) is 26.3 Å². The van der Waals surface area contributed by atoms with Crippen LogP contribution in [0.5, 0.6) is 11.5 Å². The number of methoxy groups -OCH3 is 2. The van der Waals surface area contributed by atoms with E-state index in [1.807, 2.05) is 6.07 Å². The summed E-state index contributed by atoms with van der Waals surface area (Å²) in [6.07, 6.45) is 0.529. The summed E-state index contributed by atoms with van der Waals surface area (Å²) in [7, 11) is 3.10. The van der Waals surface area contributed by atoms with Crippen LogP contribution in [-0.4, -0.2) is 42.5 Å². The lowest BCUT2D eigenvalue weighted by Gasteiger charge is -2.11. The number of hydrogen-bond acceptors (Lipinski definition) is 7. The predicted octanol–water partition coefficient (Wildman–Crippen LogP) is 3.52. The molecule has 1 heterocycles. The van der Waals surface area contributed by atoms with Gasteiger partial charge in [-0.25, -0.2) is 9.48 Å². The van der Waals surface area contributed by atoms with E-state index in [9.17, 15) is 14.4 Å². The number of carbonyl (C=O) groups is 2. The standard InChI is InChI=1S/C25H27N3O6/c1-4-34-25(31)18-8-5-6-9-20(18)26-23(29)10-7-15-28-24(30)14-12-19(27-28)17-11-13-21(32-2)22(16-17)33-3/h5-6,8-9,11-14,16H,4,7,10,15H2,1-3H3,(H,26,29). The van der Waals surface area contributed by atoms with Gasteiger partial charge in [-0.1, -0.05) is 12.1 Å². The molecule has 0 bridgehead atoms. The number of para-hydroxylation sites is 1. The number of hydrogen-bond donors (Lipinski definition) is 1. The van der Waals surface area contributed by atoms with Gasteiger partial charge in [0.15, 0.2) is 11.5 Å². The maximum Gasteiger partial charge on any atom is 0.340 e. The van der Waals surface area contributed by atoms with Crippen molar-refractivity contribution in [2.75, 3.05) is 26.1 Å². The number of aromatic nitrogens is 2. The monoisotopic (exact) mass is 465 g/mol. The van der Waals surface area contributed by atoms with Crippen molar-refractivity contribution in [1.29, 1.82) is 0 Å². The number of carbonyl (C=O) groups excluding carboxylic acids is 2. The first-order chi connectivity index (χ1) is 16.5. The van der Waals surface area contributed by atoms with Gasteiger partial charge in [-0.05, 0) is 49.7 Å². The van der Waals surface area contributed by atoms with Gasteiger partial charge in [0.05, 0.1) is 37.8 Å². The minimum Gasteiger partial charge on any atom is -0.493 e. The third kappa shape index (κ3) is 6.00. The zero-order chi connectivity index (χ0) is 24.5. The van der Waals surface area contributed by atoms with Crippen LogP contribution in [0.15, 0.2) is 59.4 Å². The van der Waals surface area contributed by atoms with Crippen LogP contribution >= 0.6 is 0 Å². The van der Waals surface area contributed by atoms with Gasteiger partial charge in [-0.2, -0.15) is 5.10 Å². The lowest BCUT2D eigenvalue weighted by molar-refractivity contribution is -0.116. The van der Waals surface area contributed by atoms with E-state index in [1.165, 1.54) is 10.7 Å². The molecule has 2 aromatic carbocycles. The molecule has 1 aromatic heterocycles. The van der Waals surface area contributed by atoms with E-state index in [2.05, 4.69) is 10.4 Å².